The largest absolute Gasteiger partial charge is 0.490 e. The van der Waals surface area contributed by atoms with E-state index in [0.717, 1.165) is 0 Å². The molecule has 7 nitrogen and oxygen atoms in total. The van der Waals surface area contributed by atoms with Crippen LogP contribution in [0.2, 0.25) is 5.02 Å². The molecule has 0 aliphatic heterocycles. The third-order valence-corrected chi connectivity index (χ3v) is 5.36. The first-order valence-electron chi connectivity index (χ1n) is 10.5. The van der Waals surface area contributed by atoms with Crippen LogP contribution >= 0.6 is 27.5 Å². The summed E-state index contributed by atoms with van der Waals surface area (Å²) in [4.78, 5) is 24.8. The molecule has 0 aliphatic carbocycles. The fourth-order valence-electron chi connectivity index (χ4n) is 2.98. The fraction of sp³-hybridized carbons (Fsp3) is 0.115. The van der Waals surface area contributed by atoms with E-state index in [0.29, 0.717) is 44.5 Å². The van der Waals surface area contributed by atoms with Gasteiger partial charge in [-0.15, -0.1) is 0 Å². The highest BCUT2D eigenvalue weighted by Crippen LogP contribution is 2.37. The molecule has 0 radical (unpaired) electrons. The molecule has 2 N–H and O–H groups in total. The summed E-state index contributed by atoms with van der Waals surface area (Å²) >= 11 is 9.29. The van der Waals surface area contributed by atoms with Crippen molar-refractivity contribution in [3.05, 3.63) is 87.4 Å². The van der Waals surface area contributed by atoms with Crippen molar-refractivity contribution in [1.29, 1.82) is 5.26 Å². The maximum Gasteiger partial charge on any atom is 0.266 e. The number of anilines is 2. The van der Waals surface area contributed by atoms with Gasteiger partial charge in [0.2, 0.25) is 0 Å². The number of carbonyl (C=O) groups is 2. The van der Waals surface area contributed by atoms with Crippen LogP contribution < -0.4 is 20.1 Å². The number of nitriles is 1. The summed E-state index contributed by atoms with van der Waals surface area (Å²) in [5.41, 5.74) is 1.62. The highest BCUT2D eigenvalue weighted by Gasteiger charge is 2.16. The van der Waals surface area contributed by atoms with Crippen LogP contribution in [0.4, 0.5) is 11.4 Å². The van der Waals surface area contributed by atoms with E-state index in [-0.39, 0.29) is 18.1 Å². The van der Waals surface area contributed by atoms with Crippen LogP contribution in [0, 0.1) is 11.3 Å². The van der Waals surface area contributed by atoms with Crippen molar-refractivity contribution >= 4 is 56.8 Å². The number of amides is 2. The smallest absolute Gasteiger partial charge is 0.266 e. The van der Waals surface area contributed by atoms with Gasteiger partial charge in [0.1, 0.15) is 11.6 Å². The lowest BCUT2D eigenvalue weighted by Crippen LogP contribution is -2.20. The molecular formula is C26H21BrClN3O4. The Morgan fingerprint density at radius 3 is 2.37 bits per heavy atom. The zero-order chi connectivity index (χ0) is 25.2. The quantitative estimate of drug-likeness (QED) is 0.247. The van der Waals surface area contributed by atoms with E-state index in [9.17, 15) is 14.9 Å². The van der Waals surface area contributed by atoms with Gasteiger partial charge in [-0.25, -0.2) is 0 Å². The minimum absolute atomic E-state index is 0.0841. The van der Waals surface area contributed by atoms with Crippen LogP contribution in [-0.4, -0.2) is 25.0 Å². The number of hydrogen-bond donors (Lipinski definition) is 2. The van der Waals surface area contributed by atoms with Crippen LogP contribution in [0.1, 0.15) is 12.5 Å². The van der Waals surface area contributed by atoms with E-state index in [1.165, 1.54) is 6.08 Å². The van der Waals surface area contributed by atoms with Crippen molar-refractivity contribution in [3.63, 3.8) is 0 Å². The van der Waals surface area contributed by atoms with Crippen molar-refractivity contribution in [2.75, 3.05) is 23.8 Å². The van der Waals surface area contributed by atoms with E-state index in [4.69, 9.17) is 21.1 Å². The first-order chi connectivity index (χ1) is 16.9. The molecular weight excluding hydrogens is 534 g/mol. The van der Waals surface area contributed by atoms with Gasteiger partial charge in [-0.3, -0.25) is 9.59 Å². The lowest BCUT2D eigenvalue weighted by molar-refractivity contribution is -0.118. The first-order valence-corrected chi connectivity index (χ1v) is 11.7. The third kappa shape index (κ3) is 7.60. The number of rotatable bonds is 9. The molecule has 0 fully saturated rings. The molecule has 0 spiro atoms. The normalized spacial score (nSPS) is 10.7. The van der Waals surface area contributed by atoms with Crippen molar-refractivity contribution in [2.45, 2.75) is 6.92 Å². The Kier molecular flexibility index (Phi) is 9.30. The number of ether oxygens (including phenoxy) is 2. The number of halogens is 2. The average molecular weight is 555 g/mol. The number of benzene rings is 3. The first kappa shape index (κ1) is 25.8. The molecule has 178 valence electrons. The van der Waals surface area contributed by atoms with Crippen LogP contribution in [0.3, 0.4) is 0 Å². The summed E-state index contributed by atoms with van der Waals surface area (Å²) in [6.45, 7) is 1.88. The molecule has 3 aromatic rings. The second-order valence-electron chi connectivity index (χ2n) is 7.10. The molecule has 2 amide bonds. The lowest BCUT2D eigenvalue weighted by Gasteiger charge is -2.15. The second-order valence-corrected chi connectivity index (χ2v) is 8.39. The van der Waals surface area contributed by atoms with Gasteiger partial charge in [0.25, 0.3) is 11.8 Å². The molecule has 0 saturated heterocycles. The summed E-state index contributed by atoms with van der Waals surface area (Å²) in [5, 5.41) is 15.5. The molecule has 3 aromatic carbocycles. The topological polar surface area (TPSA) is 100 Å². The van der Waals surface area contributed by atoms with Crippen molar-refractivity contribution in [3.8, 4) is 17.6 Å². The Morgan fingerprint density at radius 2 is 1.71 bits per heavy atom. The summed E-state index contributed by atoms with van der Waals surface area (Å²) in [5.74, 6) is -0.224. The van der Waals surface area contributed by atoms with Gasteiger partial charge in [-0.05, 0) is 83.0 Å². The Bertz CT molecular complexity index is 1270. The average Bonchev–Trinajstić information content (AvgIpc) is 2.84. The van der Waals surface area contributed by atoms with E-state index in [2.05, 4.69) is 26.6 Å². The monoisotopic (exact) mass is 553 g/mol. The maximum atomic E-state index is 12.5. The molecule has 0 bridgehead atoms. The van der Waals surface area contributed by atoms with Gasteiger partial charge in [0.05, 0.1) is 11.1 Å². The van der Waals surface area contributed by atoms with Crippen LogP contribution in [0.15, 0.2) is 76.8 Å². The fourth-order valence-corrected chi connectivity index (χ4v) is 3.68. The number of nitrogens with one attached hydrogen (secondary N) is 2. The van der Waals surface area contributed by atoms with Gasteiger partial charge in [-0.1, -0.05) is 29.8 Å². The highest BCUT2D eigenvalue weighted by atomic mass is 79.9. The SMILES string of the molecule is CCOc1cc(/C=C(\C#N)C(=O)Nc2ccccc2)cc(Br)c1OCC(=O)Nc1ccc(Cl)cc1. The van der Waals surface area contributed by atoms with Crippen LogP contribution in [0.25, 0.3) is 6.08 Å². The summed E-state index contributed by atoms with van der Waals surface area (Å²) < 4.78 is 11.9. The van der Waals surface area contributed by atoms with E-state index in [1.54, 1.807) is 67.6 Å². The zero-order valence-corrected chi connectivity index (χ0v) is 21.0. The number of para-hydroxylation sites is 1. The molecule has 0 aliphatic rings. The Morgan fingerprint density at radius 1 is 1.03 bits per heavy atom. The predicted molar refractivity (Wildman–Crippen MR) is 140 cm³/mol. The zero-order valence-electron chi connectivity index (χ0n) is 18.7. The third-order valence-electron chi connectivity index (χ3n) is 4.52. The standard InChI is InChI=1S/C26H21BrClN3O4/c1-2-34-23-14-17(12-18(15-29)26(33)31-20-6-4-3-5-7-20)13-22(27)25(23)35-16-24(32)30-21-10-8-19(28)9-11-21/h3-14H,2,16H2,1H3,(H,30,32)(H,31,33)/b18-12+. The van der Waals surface area contributed by atoms with Gasteiger partial charge in [-0.2, -0.15) is 5.26 Å². The van der Waals surface area contributed by atoms with Gasteiger partial charge >= 0.3 is 0 Å². The molecule has 9 heteroatoms. The predicted octanol–water partition coefficient (Wildman–Crippen LogP) is 6.06. The lowest BCUT2D eigenvalue weighted by atomic mass is 10.1. The van der Waals surface area contributed by atoms with Gasteiger partial charge in [0, 0.05) is 16.4 Å². The molecule has 0 saturated carbocycles. The Labute approximate surface area is 216 Å². The summed E-state index contributed by atoms with van der Waals surface area (Å²) in [7, 11) is 0. The van der Waals surface area contributed by atoms with Gasteiger partial charge in [0.15, 0.2) is 18.1 Å². The maximum absolute atomic E-state index is 12.5. The highest BCUT2D eigenvalue weighted by molar-refractivity contribution is 9.10. The molecule has 35 heavy (non-hydrogen) atoms. The number of hydrogen-bond acceptors (Lipinski definition) is 5. The minimum Gasteiger partial charge on any atom is -0.490 e. The minimum atomic E-state index is -0.535. The molecule has 0 aromatic heterocycles. The molecule has 0 atom stereocenters. The van der Waals surface area contributed by atoms with E-state index >= 15 is 0 Å². The molecule has 3 rings (SSSR count). The molecule has 0 heterocycles. The van der Waals surface area contributed by atoms with Crippen molar-refractivity contribution < 1.29 is 19.1 Å². The number of nitrogens with zero attached hydrogens (tertiary/aromatic N) is 1. The Hall–Kier alpha value is -3.80. The second kappa shape index (κ2) is 12.6. The summed E-state index contributed by atoms with van der Waals surface area (Å²) in [6, 6.07) is 20.8. The van der Waals surface area contributed by atoms with E-state index < -0.39 is 5.91 Å². The molecule has 0 unspecified atom stereocenters. The van der Waals surface area contributed by atoms with Crippen molar-refractivity contribution in [2.24, 2.45) is 0 Å². The number of carbonyl (C=O) groups excluding carboxylic acids is 2. The van der Waals surface area contributed by atoms with Crippen molar-refractivity contribution in [1.82, 2.24) is 0 Å². The van der Waals surface area contributed by atoms with Crippen LogP contribution in [0.5, 0.6) is 11.5 Å². The van der Waals surface area contributed by atoms with Gasteiger partial charge < -0.3 is 20.1 Å². The van der Waals surface area contributed by atoms with E-state index in [1.807, 2.05) is 12.1 Å². The van der Waals surface area contributed by atoms with Crippen LogP contribution in [-0.2, 0) is 9.59 Å². The summed E-state index contributed by atoms with van der Waals surface area (Å²) in [6.07, 6.45) is 1.45. The Balaban J connectivity index is 1.76.